The second-order valence-corrected chi connectivity index (χ2v) is 7.12. The minimum atomic E-state index is -3.36. The summed E-state index contributed by atoms with van der Waals surface area (Å²) in [7, 11) is 0.174. The van der Waals surface area contributed by atoms with Crippen LogP contribution in [0.15, 0.2) is 0 Å². The van der Waals surface area contributed by atoms with Crippen molar-refractivity contribution in [2.75, 3.05) is 27.2 Å². The van der Waals surface area contributed by atoms with Crippen molar-refractivity contribution in [2.45, 2.75) is 50.3 Å². The highest BCUT2D eigenvalue weighted by Crippen LogP contribution is 2.25. The van der Waals surface area contributed by atoms with Crippen molar-refractivity contribution in [3.63, 3.8) is 0 Å². The Morgan fingerprint density at radius 2 is 2.05 bits per heavy atom. The van der Waals surface area contributed by atoms with Crippen LogP contribution in [0.4, 0.5) is 0 Å². The molecule has 1 heterocycles. The quantitative estimate of drug-likeness (QED) is 0.727. The maximum atomic E-state index is 12.4. The average molecular weight is 291 g/mol. The first kappa shape index (κ1) is 15.2. The number of nitrogens with zero attached hydrogens (tertiary/aromatic N) is 1. The van der Waals surface area contributed by atoms with Gasteiger partial charge >= 0.3 is 0 Å². The second kappa shape index (κ2) is 6.49. The fourth-order valence-electron chi connectivity index (χ4n) is 2.86. The van der Waals surface area contributed by atoms with Gasteiger partial charge in [0, 0.05) is 32.3 Å². The van der Waals surface area contributed by atoms with Crippen molar-refractivity contribution in [1.29, 1.82) is 0 Å². The molecule has 1 atom stereocenters. The van der Waals surface area contributed by atoms with E-state index in [1.807, 2.05) is 7.05 Å². The van der Waals surface area contributed by atoms with E-state index in [2.05, 4.69) is 10.0 Å². The molecule has 2 N–H and O–H groups in total. The topological polar surface area (TPSA) is 70.7 Å². The van der Waals surface area contributed by atoms with Gasteiger partial charge in [0.05, 0.1) is 6.10 Å². The second-order valence-electron chi connectivity index (χ2n) is 5.47. The summed E-state index contributed by atoms with van der Waals surface area (Å²) in [6.07, 6.45) is 4.76. The lowest BCUT2D eigenvalue weighted by molar-refractivity contribution is 0.0230. The third-order valence-corrected chi connectivity index (χ3v) is 5.79. The summed E-state index contributed by atoms with van der Waals surface area (Å²) in [5.74, 6) is 0. The molecular weight excluding hydrogens is 266 g/mol. The van der Waals surface area contributed by atoms with Crippen LogP contribution in [0.3, 0.4) is 0 Å². The van der Waals surface area contributed by atoms with Crippen LogP contribution in [-0.2, 0) is 14.9 Å². The molecule has 2 fully saturated rings. The molecule has 0 amide bonds. The van der Waals surface area contributed by atoms with Gasteiger partial charge in [-0.15, -0.1) is 0 Å². The molecule has 7 heteroatoms. The minimum Gasteiger partial charge on any atom is -0.381 e. The van der Waals surface area contributed by atoms with Crippen molar-refractivity contribution >= 4 is 10.2 Å². The first-order chi connectivity index (χ1) is 9.06. The molecule has 0 radical (unpaired) electrons. The highest BCUT2D eigenvalue weighted by Gasteiger charge is 2.37. The number of nitrogens with one attached hydrogen (secondary N) is 2. The van der Waals surface area contributed by atoms with Crippen LogP contribution in [0.1, 0.15) is 32.1 Å². The Morgan fingerprint density at radius 1 is 1.32 bits per heavy atom. The van der Waals surface area contributed by atoms with Crippen LogP contribution in [0, 0.1) is 0 Å². The molecule has 0 aromatic heterocycles. The number of methoxy groups -OCH3 is 1. The van der Waals surface area contributed by atoms with Gasteiger partial charge in [0.15, 0.2) is 0 Å². The summed E-state index contributed by atoms with van der Waals surface area (Å²) in [4.78, 5) is 0. The lowest BCUT2D eigenvalue weighted by Gasteiger charge is -2.39. The number of hydrogen-bond donors (Lipinski definition) is 2. The highest BCUT2D eigenvalue weighted by atomic mass is 32.2. The predicted octanol–water partition coefficient (Wildman–Crippen LogP) is 0.0721. The Balaban J connectivity index is 1.93. The molecule has 0 spiro atoms. The summed E-state index contributed by atoms with van der Waals surface area (Å²) in [5, 5.41) is 3.08. The highest BCUT2D eigenvalue weighted by molar-refractivity contribution is 7.87. The number of ether oxygens (including phenoxy) is 1. The van der Waals surface area contributed by atoms with E-state index < -0.39 is 10.2 Å². The predicted molar refractivity (Wildman–Crippen MR) is 74.1 cm³/mol. The summed E-state index contributed by atoms with van der Waals surface area (Å²) in [6, 6.07) is 0.113. The Bertz CT molecular complexity index is 380. The van der Waals surface area contributed by atoms with Crippen LogP contribution < -0.4 is 10.0 Å². The normalized spacial score (nSPS) is 33.1. The first-order valence-corrected chi connectivity index (χ1v) is 8.47. The van der Waals surface area contributed by atoms with Crippen molar-refractivity contribution in [3.8, 4) is 0 Å². The first-order valence-electron chi connectivity index (χ1n) is 7.03. The molecule has 1 aliphatic carbocycles. The van der Waals surface area contributed by atoms with Crippen LogP contribution in [0.25, 0.3) is 0 Å². The van der Waals surface area contributed by atoms with E-state index in [1.54, 1.807) is 11.4 Å². The fourth-order valence-corrected chi connectivity index (χ4v) is 4.55. The van der Waals surface area contributed by atoms with E-state index in [1.165, 1.54) is 0 Å². The molecule has 0 bridgehead atoms. The van der Waals surface area contributed by atoms with E-state index in [4.69, 9.17) is 4.74 Å². The standard InChI is InChI=1S/C12H25N3O3S/c1-13-9-11-5-3-4-6-15(11)19(16,17)14-10-7-12(8-10)18-2/h10-14H,3-9H2,1-2H3. The third-order valence-electron chi connectivity index (χ3n) is 4.07. The van der Waals surface area contributed by atoms with Crippen LogP contribution >= 0.6 is 0 Å². The van der Waals surface area contributed by atoms with Gasteiger partial charge in [-0.2, -0.15) is 17.4 Å². The van der Waals surface area contributed by atoms with Gasteiger partial charge in [0.25, 0.3) is 10.2 Å². The zero-order valence-electron chi connectivity index (χ0n) is 11.8. The number of hydrogen-bond acceptors (Lipinski definition) is 4. The van der Waals surface area contributed by atoms with Crippen LogP contribution in [0.2, 0.25) is 0 Å². The van der Waals surface area contributed by atoms with Gasteiger partial charge in [-0.3, -0.25) is 0 Å². The molecule has 112 valence electrons. The molecule has 1 saturated carbocycles. The summed E-state index contributed by atoms with van der Waals surface area (Å²) < 4.78 is 34.4. The molecule has 0 aromatic carbocycles. The molecule has 2 rings (SSSR count). The Labute approximate surface area is 116 Å². The largest absolute Gasteiger partial charge is 0.381 e. The fraction of sp³-hybridized carbons (Fsp3) is 1.00. The average Bonchev–Trinajstić information content (AvgIpc) is 2.34. The van der Waals surface area contributed by atoms with Gasteiger partial charge in [0.2, 0.25) is 0 Å². The van der Waals surface area contributed by atoms with E-state index in [0.717, 1.165) is 32.1 Å². The van der Waals surface area contributed by atoms with E-state index in [9.17, 15) is 8.42 Å². The van der Waals surface area contributed by atoms with Crippen molar-refractivity contribution in [3.05, 3.63) is 0 Å². The van der Waals surface area contributed by atoms with Gasteiger partial charge in [-0.25, -0.2) is 0 Å². The summed E-state index contributed by atoms with van der Waals surface area (Å²) in [5.41, 5.74) is 0. The summed E-state index contributed by atoms with van der Waals surface area (Å²) >= 11 is 0. The zero-order valence-corrected chi connectivity index (χ0v) is 12.6. The van der Waals surface area contributed by atoms with Crippen LogP contribution in [-0.4, -0.2) is 58.2 Å². The Kier molecular flexibility index (Phi) is 5.19. The van der Waals surface area contributed by atoms with E-state index >= 15 is 0 Å². The third kappa shape index (κ3) is 3.66. The van der Waals surface area contributed by atoms with E-state index in [0.29, 0.717) is 13.1 Å². The monoisotopic (exact) mass is 291 g/mol. The maximum absolute atomic E-state index is 12.4. The molecule has 2 aliphatic rings. The minimum absolute atomic E-state index is 0.0344. The van der Waals surface area contributed by atoms with Gasteiger partial charge in [0.1, 0.15) is 0 Å². The lowest BCUT2D eigenvalue weighted by Crippen LogP contribution is -2.56. The molecule has 1 unspecified atom stereocenters. The Morgan fingerprint density at radius 3 is 2.68 bits per heavy atom. The molecular formula is C12H25N3O3S. The van der Waals surface area contributed by atoms with Crippen LogP contribution in [0.5, 0.6) is 0 Å². The molecule has 1 saturated heterocycles. The van der Waals surface area contributed by atoms with E-state index in [-0.39, 0.29) is 18.2 Å². The number of rotatable bonds is 6. The number of likely N-dealkylation sites (N-methyl/N-ethyl adjacent to an activating group) is 1. The molecule has 6 nitrogen and oxygen atoms in total. The van der Waals surface area contributed by atoms with Gasteiger partial charge in [-0.05, 0) is 32.7 Å². The van der Waals surface area contributed by atoms with Crippen molar-refractivity contribution in [2.24, 2.45) is 0 Å². The molecule has 0 aromatic rings. The number of piperidine rings is 1. The molecule has 19 heavy (non-hydrogen) atoms. The SMILES string of the molecule is CNCC1CCCCN1S(=O)(=O)NC1CC(OC)C1. The zero-order chi connectivity index (χ0) is 13.9. The molecule has 1 aliphatic heterocycles. The summed E-state index contributed by atoms with van der Waals surface area (Å²) in [6.45, 7) is 1.34. The van der Waals surface area contributed by atoms with Gasteiger partial charge < -0.3 is 10.1 Å². The lowest BCUT2D eigenvalue weighted by atomic mass is 9.90. The van der Waals surface area contributed by atoms with Crippen molar-refractivity contribution in [1.82, 2.24) is 14.3 Å². The Hall–Kier alpha value is -0.210. The maximum Gasteiger partial charge on any atom is 0.279 e. The smallest absolute Gasteiger partial charge is 0.279 e. The van der Waals surface area contributed by atoms with Gasteiger partial charge in [-0.1, -0.05) is 6.42 Å². The van der Waals surface area contributed by atoms with Crippen molar-refractivity contribution < 1.29 is 13.2 Å².